The van der Waals surface area contributed by atoms with E-state index in [1.54, 1.807) is 11.3 Å². The third-order valence-corrected chi connectivity index (χ3v) is 9.63. The molecule has 0 bridgehead atoms. The number of hydrogen-bond acceptors (Lipinski definition) is 4. The highest BCUT2D eigenvalue weighted by molar-refractivity contribution is 7.25. The van der Waals surface area contributed by atoms with E-state index in [9.17, 15) is 0 Å². The molecule has 0 spiro atoms. The van der Waals surface area contributed by atoms with Crippen LogP contribution in [-0.4, -0.2) is 4.98 Å². The first-order chi connectivity index (χ1) is 22.3. The van der Waals surface area contributed by atoms with Crippen LogP contribution in [0.3, 0.4) is 0 Å². The van der Waals surface area contributed by atoms with Gasteiger partial charge < -0.3 is 9.32 Å². The first-order valence-corrected chi connectivity index (χ1v) is 15.8. The van der Waals surface area contributed by atoms with Gasteiger partial charge in [0.25, 0.3) is 0 Å². The second kappa shape index (κ2) is 10.5. The van der Waals surface area contributed by atoms with Crippen molar-refractivity contribution in [2.75, 3.05) is 4.90 Å². The van der Waals surface area contributed by atoms with Crippen LogP contribution in [-0.2, 0) is 0 Å². The minimum Gasteiger partial charge on any atom is -0.456 e. The van der Waals surface area contributed by atoms with Crippen molar-refractivity contribution in [2.24, 2.45) is 0 Å². The van der Waals surface area contributed by atoms with Crippen LogP contribution < -0.4 is 4.90 Å². The Bertz CT molecular complexity index is 2480. The van der Waals surface area contributed by atoms with Crippen molar-refractivity contribution in [1.82, 2.24) is 4.98 Å². The molecule has 3 heterocycles. The fourth-order valence-electron chi connectivity index (χ4n) is 6.29. The molecule has 0 amide bonds. The minimum atomic E-state index is 0.888. The van der Waals surface area contributed by atoms with E-state index in [-0.39, 0.29) is 0 Å². The van der Waals surface area contributed by atoms with E-state index in [2.05, 4.69) is 144 Å². The van der Waals surface area contributed by atoms with E-state index in [4.69, 9.17) is 9.40 Å². The number of furan rings is 1. The maximum absolute atomic E-state index is 6.15. The largest absolute Gasteiger partial charge is 0.456 e. The highest BCUT2D eigenvalue weighted by Gasteiger charge is 2.16. The minimum absolute atomic E-state index is 0.888. The lowest BCUT2D eigenvalue weighted by molar-refractivity contribution is 0.669. The number of pyridine rings is 1. The van der Waals surface area contributed by atoms with Gasteiger partial charge in [0.1, 0.15) is 11.2 Å². The highest BCUT2D eigenvalue weighted by atomic mass is 32.1. The van der Waals surface area contributed by atoms with Gasteiger partial charge in [0.15, 0.2) is 0 Å². The SMILES string of the molecule is c1ccc(-c2ccc(N(c3ccc(-c4cnc5c(c4)sc4ccccc45)cc3)c3ccc4oc5ccccc5c4c3)cc2)cc1. The molecule has 9 aromatic rings. The normalized spacial score (nSPS) is 11.6. The number of hydrogen-bond donors (Lipinski definition) is 0. The van der Waals surface area contributed by atoms with Gasteiger partial charge in [-0.05, 0) is 77.4 Å². The second-order valence-corrected chi connectivity index (χ2v) is 12.3. The van der Waals surface area contributed by atoms with Gasteiger partial charge in [-0.15, -0.1) is 11.3 Å². The molecule has 6 aromatic carbocycles. The third kappa shape index (κ3) is 4.46. The summed E-state index contributed by atoms with van der Waals surface area (Å²) in [5, 5.41) is 3.44. The molecule has 0 fully saturated rings. The third-order valence-electron chi connectivity index (χ3n) is 8.52. The molecule has 0 N–H and O–H groups in total. The van der Waals surface area contributed by atoms with Gasteiger partial charge in [0.2, 0.25) is 0 Å². The molecule has 4 heteroatoms. The molecule has 0 saturated carbocycles. The first-order valence-electron chi connectivity index (χ1n) is 15.0. The summed E-state index contributed by atoms with van der Waals surface area (Å²) in [4.78, 5) is 7.18. The number of para-hydroxylation sites is 1. The fraction of sp³-hybridized carbons (Fsp3) is 0. The molecule has 3 nitrogen and oxygen atoms in total. The summed E-state index contributed by atoms with van der Waals surface area (Å²) in [5.41, 5.74) is 10.7. The maximum atomic E-state index is 6.15. The van der Waals surface area contributed by atoms with Crippen molar-refractivity contribution in [3.8, 4) is 22.3 Å². The molecule has 0 aliphatic rings. The maximum Gasteiger partial charge on any atom is 0.135 e. The van der Waals surface area contributed by atoms with E-state index in [0.717, 1.165) is 55.6 Å². The van der Waals surface area contributed by atoms with Crippen molar-refractivity contribution in [2.45, 2.75) is 0 Å². The van der Waals surface area contributed by atoms with E-state index in [1.807, 2.05) is 18.3 Å². The molecule has 3 aromatic heterocycles. The summed E-state index contributed by atoms with van der Waals surface area (Å²) in [6.07, 6.45) is 1.99. The van der Waals surface area contributed by atoms with Crippen molar-refractivity contribution >= 4 is 70.6 Å². The van der Waals surface area contributed by atoms with E-state index in [0.29, 0.717) is 0 Å². The molecule has 0 aliphatic heterocycles. The fourth-order valence-corrected chi connectivity index (χ4v) is 7.39. The Balaban J connectivity index is 1.14. The van der Waals surface area contributed by atoms with Gasteiger partial charge in [0, 0.05) is 49.7 Å². The zero-order valence-corrected chi connectivity index (χ0v) is 25.0. The monoisotopic (exact) mass is 594 g/mol. The summed E-state index contributed by atoms with van der Waals surface area (Å²) in [5.74, 6) is 0. The summed E-state index contributed by atoms with van der Waals surface area (Å²) in [6.45, 7) is 0. The molecule has 0 atom stereocenters. The number of fused-ring (bicyclic) bond motifs is 6. The number of rotatable bonds is 5. The van der Waals surface area contributed by atoms with Crippen molar-refractivity contribution in [1.29, 1.82) is 0 Å². The standard InChI is InChI=1S/C41H26N2OS/c1-2-8-27(9-3-1)28-14-18-31(19-15-28)43(33-22-23-38-36(25-33)34-10-4-6-12-37(34)44-38)32-20-16-29(17-21-32)30-24-40-41(42-26-30)35-11-5-7-13-39(35)45-40/h1-26H. The van der Waals surface area contributed by atoms with Gasteiger partial charge in [0.05, 0.1) is 10.2 Å². The smallest absolute Gasteiger partial charge is 0.135 e. The Kier molecular flexibility index (Phi) is 6.00. The van der Waals surface area contributed by atoms with E-state index in [1.165, 1.54) is 25.9 Å². The molecular weight excluding hydrogens is 569 g/mol. The van der Waals surface area contributed by atoms with Gasteiger partial charge >= 0.3 is 0 Å². The topological polar surface area (TPSA) is 29.3 Å². The van der Waals surface area contributed by atoms with Crippen LogP contribution in [0.15, 0.2) is 162 Å². The average Bonchev–Trinajstić information content (AvgIpc) is 3.67. The number of thiophene rings is 1. The van der Waals surface area contributed by atoms with E-state index >= 15 is 0 Å². The number of anilines is 3. The number of nitrogens with zero attached hydrogens (tertiary/aromatic N) is 2. The number of aromatic nitrogens is 1. The summed E-state index contributed by atoms with van der Waals surface area (Å²) in [7, 11) is 0. The van der Waals surface area contributed by atoms with Gasteiger partial charge in [-0.3, -0.25) is 4.98 Å². The average molecular weight is 595 g/mol. The molecule has 212 valence electrons. The molecule has 0 unspecified atom stereocenters. The van der Waals surface area contributed by atoms with Gasteiger partial charge in [-0.1, -0.05) is 91.0 Å². The van der Waals surface area contributed by atoms with Crippen LogP contribution in [0.5, 0.6) is 0 Å². The van der Waals surface area contributed by atoms with Crippen LogP contribution in [0.1, 0.15) is 0 Å². The van der Waals surface area contributed by atoms with E-state index < -0.39 is 0 Å². The quantitative estimate of drug-likeness (QED) is 0.198. The number of benzene rings is 6. The Hall–Kier alpha value is -5.71. The zero-order chi connectivity index (χ0) is 29.7. The molecule has 0 radical (unpaired) electrons. The predicted octanol–water partition coefficient (Wildman–Crippen LogP) is 12.2. The summed E-state index contributed by atoms with van der Waals surface area (Å²) >= 11 is 1.80. The van der Waals surface area contributed by atoms with Gasteiger partial charge in [-0.2, -0.15) is 0 Å². The lowest BCUT2D eigenvalue weighted by Crippen LogP contribution is -2.09. The highest BCUT2D eigenvalue weighted by Crippen LogP contribution is 2.40. The molecule has 9 rings (SSSR count). The van der Waals surface area contributed by atoms with Crippen LogP contribution >= 0.6 is 11.3 Å². The Labute approximate surface area is 264 Å². The van der Waals surface area contributed by atoms with Crippen LogP contribution in [0, 0.1) is 0 Å². The Morgan fingerprint density at radius 3 is 1.82 bits per heavy atom. The van der Waals surface area contributed by atoms with Crippen LogP contribution in [0.4, 0.5) is 17.1 Å². The summed E-state index contributed by atoms with van der Waals surface area (Å²) in [6, 6.07) is 53.5. The Morgan fingerprint density at radius 2 is 1.04 bits per heavy atom. The Morgan fingerprint density at radius 1 is 0.444 bits per heavy atom. The van der Waals surface area contributed by atoms with Crippen LogP contribution in [0.25, 0.3) is 64.5 Å². The van der Waals surface area contributed by atoms with Gasteiger partial charge in [-0.25, -0.2) is 0 Å². The zero-order valence-electron chi connectivity index (χ0n) is 24.2. The second-order valence-electron chi connectivity index (χ2n) is 11.2. The van der Waals surface area contributed by atoms with Crippen molar-refractivity contribution < 1.29 is 4.42 Å². The molecular formula is C41H26N2OS. The van der Waals surface area contributed by atoms with Crippen molar-refractivity contribution in [3.05, 3.63) is 158 Å². The predicted molar refractivity (Wildman–Crippen MR) is 190 cm³/mol. The molecule has 0 saturated heterocycles. The van der Waals surface area contributed by atoms with Crippen LogP contribution in [0.2, 0.25) is 0 Å². The summed E-state index contributed by atoms with van der Waals surface area (Å²) < 4.78 is 8.63. The molecule has 0 aliphatic carbocycles. The lowest BCUT2D eigenvalue weighted by atomic mass is 10.0. The lowest BCUT2D eigenvalue weighted by Gasteiger charge is -2.26. The first kappa shape index (κ1) is 25.8. The molecule has 45 heavy (non-hydrogen) atoms. The van der Waals surface area contributed by atoms with Crippen molar-refractivity contribution in [3.63, 3.8) is 0 Å².